The number of aryl methyl sites for hydroxylation is 1. The normalized spacial score (nSPS) is 10.6. The Morgan fingerprint density at radius 1 is 1.14 bits per heavy atom. The molecular weight excluding hydrogens is 354 g/mol. The highest BCUT2D eigenvalue weighted by Gasteiger charge is 2.08. The molecule has 0 atom stereocenters. The number of rotatable bonds is 5. The second-order valence-corrected chi connectivity index (χ2v) is 6.21. The van der Waals surface area contributed by atoms with Gasteiger partial charge in [-0.3, -0.25) is 0 Å². The highest BCUT2D eigenvalue weighted by molar-refractivity contribution is 5.81. The number of anilines is 2. The summed E-state index contributed by atoms with van der Waals surface area (Å²) in [5.41, 5.74) is 9.90. The van der Waals surface area contributed by atoms with Gasteiger partial charge < -0.3 is 20.4 Å². The number of aromatic nitrogens is 4. The number of nitrogens with zero attached hydrogens (tertiary/aromatic N) is 5. The first-order chi connectivity index (χ1) is 13.6. The van der Waals surface area contributed by atoms with Gasteiger partial charge in [-0.2, -0.15) is 5.26 Å². The summed E-state index contributed by atoms with van der Waals surface area (Å²) >= 11 is 0. The number of ether oxygens (including phenoxy) is 1. The number of nitrogens with one attached hydrogen (secondary N) is 1. The molecule has 0 aliphatic rings. The summed E-state index contributed by atoms with van der Waals surface area (Å²) in [6, 6.07) is 15.4. The molecule has 0 radical (unpaired) electrons. The van der Waals surface area contributed by atoms with Crippen LogP contribution in [0.4, 0.5) is 11.6 Å². The van der Waals surface area contributed by atoms with Gasteiger partial charge in [0.15, 0.2) is 0 Å². The molecule has 0 aliphatic carbocycles. The number of nitriles is 1. The minimum absolute atomic E-state index is 0.198. The molecule has 8 nitrogen and oxygen atoms in total. The van der Waals surface area contributed by atoms with Crippen molar-refractivity contribution in [3.05, 3.63) is 66.0 Å². The third kappa shape index (κ3) is 3.54. The fourth-order valence-electron chi connectivity index (χ4n) is 2.75. The van der Waals surface area contributed by atoms with Crippen molar-refractivity contribution >= 4 is 22.7 Å². The second-order valence-electron chi connectivity index (χ2n) is 6.21. The molecular formula is C20H17N7O. The van der Waals surface area contributed by atoms with Crippen LogP contribution in [0.1, 0.15) is 11.1 Å². The lowest BCUT2D eigenvalue weighted by molar-refractivity contribution is 0.441. The van der Waals surface area contributed by atoms with E-state index in [0.717, 1.165) is 22.5 Å². The van der Waals surface area contributed by atoms with Crippen LogP contribution in [0.5, 0.6) is 11.8 Å². The molecule has 0 fully saturated rings. The van der Waals surface area contributed by atoms with E-state index in [0.29, 0.717) is 23.5 Å². The summed E-state index contributed by atoms with van der Waals surface area (Å²) < 4.78 is 7.56. The van der Waals surface area contributed by atoms with Crippen LogP contribution in [0.25, 0.3) is 11.0 Å². The van der Waals surface area contributed by atoms with Crippen LogP contribution in [0.2, 0.25) is 0 Å². The van der Waals surface area contributed by atoms with Gasteiger partial charge in [-0.05, 0) is 35.9 Å². The average Bonchev–Trinajstić information content (AvgIpc) is 3.03. The zero-order valence-corrected chi connectivity index (χ0v) is 15.1. The molecule has 4 rings (SSSR count). The van der Waals surface area contributed by atoms with Gasteiger partial charge in [0.25, 0.3) is 0 Å². The Labute approximate surface area is 161 Å². The van der Waals surface area contributed by atoms with E-state index in [-0.39, 0.29) is 6.01 Å². The molecule has 0 unspecified atom stereocenters. The fraction of sp³-hybridized carbons (Fsp3) is 0.100. The maximum atomic E-state index is 8.76. The first-order valence-corrected chi connectivity index (χ1v) is 8.57. The number of benzene rings is 2. The molecule has 28 heavy (non-hydrogen) atoms. The molecule has 0 bridgehead atoms. The van der Waals surface area contributed by atoms with Crippen molar-refractivity contribution < 1.29 is 4.74 Å². The predicted octanol–water partition coefficient (Wildman–Crippen LogP) is 3.22. The van der Waals surface area contributed by atoms with Gasteiger partial charge in [-0.15, -0.1) is 0 Å². The van der Waals surface area contributed by atoms with Gasteiger partial charge in [-0.1, -0.05) is 12.1 Å². The summed E-state index contributed by atoms with van der Waals surface area (Å²) in [6.45, 7) is 0.611. The minimum atomic E-state index is 0.198. The van der Waals surface area contributed by atoms with Crippen molar-refractivity contribution in [1.29, 1.82) is 5.26 Å². The second kappa shape index (κ2) is 7.25. The Kier molecular flexibility index (Phi) is 4.48. The van der Waals surface area contributed by atoms with Crippen molar-refractivity contribution in [2.45, 2.75) is 6.54 Å². The van der Waals surface area contributed by atoms with Crippen molar-refractivity contribution in [3.8, 4) is 17.8 Å². The smallest absolute Gasteiger partial charge is 0.321 e. The Bertz CT molecular complexity index is 1160. The van der Waals surface area contributed by atoms with E-state index >= 15 is 0 Å². The van der Waals surface area contributed by atoms with Gasteiger partial charge in [0.1, 0.15) is 11.8 Å². The van der Waals surface area contributed by atoms with Crippen LogP contribution < -0.4 is 15.8 Å². The molecule has 0 saturated heterocycles. The predicted molar refractivity (Wildman–Crippen MR) is 106 cm³/mol. The SMILES string of the molecule is Cn1c(NCc2ccc(Oc3ncc(C#N)cn3)cc2)nc2ccc(N)cc21. The Morgan fingerprint density at radius 3 is 2.61 bits per heavy atom. The lowest BCUT2D eigenvalue weighted by Crippen LogP contribution is -2.05. The Hall–Kier alpha value is -4.12. The van der Waals surface area contributed by atoms with E-state index in [1.165, 1.54) is 12.4 Å². The molecule has 2 aromatic carbocycles. The van der Waals surface area contributed by atoms with Crippen molar-refractivity contribution in [2.75, 3.05) is 11.1 Å². The minimum Gasteiger partial charge on any atom is -0.424 e. The number of imidazole rings is 1. The van der Waals surface area contributed by atoms with Crippen molar-refractivity contribution in [3.63, 3.8) is 0 Å². The molecule has 0 aliphatic heterocycles. The molecule has 138 valence electrons. The van der Waals surface area contributed by atoms with Crippen molar-refractivity contribution in [2.24, 2.45) is 7.05 Å². The lowest BCUT2D eigenvalue weighted by Gasteiger charge is -2.08. The molecule has 0 saturated carbocycles. The first-order valence-electron chi connectivity index (χ1n) is 8.57. The zero-order chi connectivity index (χ0) is 19.5. The summed E-state index contributed by atoms with van der Waals surface area (Å²) in [4.78, 5) is 12.6. The van der Waals surface area contributed by atoms with Crippen molar-refractivity contribution in [1.82, 2.24) is 19.5 Å². The molecule has 0 spiro atoms. The van der Waals surface area contributed by atoms with Gasteiger partial charge in [-0.25, -0.2) is 15.0 Å². The number of nitrogens with two attached hydrogens (primary N) is 1. The third-order valence-electron chi connectivity index (χ3n) is 4.25. The van der Waals surface area contributed by atoms with Crippen LogP contribution in [0.3, 0.4) is 0 Å². The maximum absolute atomic E-state index is 8.76. The van der Waals surface area contributed by atoms with E-state index in [1.54, 1.807) is 0 Å². The number of nitrogen functional groups attached to an aromatic ring is 1. The quantitative estimate of drug-likeness (QED) is 0.518. The monoisotopic (exact) mass is 371 g/mol. The van der Waals surface area contributed by atoms with Gasteiger partial charge in [0.2, 0.25) is 5.95 Å². The fourth-order valence-corrected chi connectivity index (χ4v) is 2.75. The van der Waals surface area contributed by atoms with Gasteiger partial charge >= 0.3 is 6.01 Å². The molecule has 4 aromatic rings. The summed E-state index contributed by atoms with van der Waals surface area (Å²) in [5.74, 6) is 1.39. The molecule has 2 aromatic heterocycles. The van der Waals surface area contributed by atoms with Crippen LogP contribution in [0, 0.1) is 11.3 Å². The summed E-state index contributed by atoms with van der Waals surface area (Å²) in [7, 11) is 1.95. The zero-order valence-electron chi connectivity index (χ0n) is 15.1. The lowest BCUT2D eigenvalue weighted by atomic mass is 10.2. The average molecular weight is 371 g/mol. The summed E-state index contributed by atoms with van der Waals surface area (Å²) in [5, 5.41) is 12.1. The molecule has 2 heterocycles. The van der Waals surface area contributed by atoms with Crippen LogP contribution in [-0.4, -0.2) is 19.5 Å². The van der Waals surface area contributed by atoms with E-state index in [9.17, 15) is 0 Å². The topological polar surface area (TPSA) is 115 Å². The first kappa shape index (κ1) is 17.3. The Balaban J connectivity index is 1.42. The van der Waals surface area contributed by atoms with Crippen LogP contribution in [0.15, 0.2) is 54.9 Å². The van der Waals surface area contributed by atoms with Gasteiger partial charge in [0.05, 0.1) is 29.0 Å². The number of hydrogen-bond donors (Lipinski definition) is 2. The van der Waals surface area contributed by atoms with Crippen LogP contribution in [-0.2, 0) is 13.6 Å². The van der Waals surface area contributed by atoms with Crippen LogP contribution >= 0.6 is 0 Å². The number of fused-ring (bicyclic) bond motifs is 1. The van der Waals surface area contributed by atoms with E-state index < -0.39 is 0 Å². The van der Waals surface area contributed by atoms with E-state index in [2.05, 4.69) is 20.3 Å². The Morgan fingerprint density at radius 2 is 1.89 bits per heavy atom. The maximum Gasteiger partial charge on any atom is 0.321 e. The number of hydrogen-bond acceptors (Lipinski definition) is 7. The molecule has 8 heteroatoms. The van der Waals surface area contributed by atoms with E-state index in [1.807, 2.05) is 60.1 Å². The largest absolute Gasteiger partial charge is 0.424 e. The third-order valence-corrected chi connectivity index (χ3v) is 4.25. The molecule has 0 amide bonds. The summed E-state index contributed by atoms with van der Waals surface area (Å²) in [6.07, 6.45) is 2.84. The van der Waals surface area contributed by atoms with Gasteiger partial charge in [0, 0.05) is 19.3 Å². The van der Waals surface area contributed by atoms with E-state index in [4.69, 9.17) is 15.7 Å². The standard InChI is InChI=1S/C20H17N7O/c1-27-18-8-15(22)4-7-17(18)26-19(27)23-10-13-2-5-16(6-3-13)28-20-24-11-14(9-21)12-25-20/h2-8,11-12H,10,22H2,1H3,(H,23,26). The highest BCUT2D eigenvalue weighted by atomic mass is 16.5. The molecule has 3 N–H and O–H groups in total. The highest BCUT2D eigenvalue weighted by Crippen LogP contribution is 2.22.